The number of piperazine rings is 1. The number of benzene rings is 1. The fourth-order valence-corrected chi connectivity index (χ4v) is 2.04. The second kappa shape index (κ2) is 4.64. The summed E-state index contributed by atoms with van der Waals surface area (Å²) >= 11 is 0. The van der Waals surface area contributed by atoms with E-state index in [1.54, 1.807) is 4.90 Å². The molecule has 1 aromatic rings. The van der Waals surface area contributed by atoms with Gasteiger partial charge in [0.25, 0.3) is 0 Å². The van der Waals surface area contributed by atoms with E-state index in [1.807, 2.05) is 12.1 Å². The minimum atomic E-state index is 0.854. The molecule has 0 atom stereocenters. The molecule has 1 saturated heterocycles. The number of likely N-dealkylation sites (N-methyl/N-ethyl adjacent to an activating group) is 1. The molecule has 3 N–H and O–H groups in total. The summed E-state index contributed by atoms with van der Waals surface area (Å²) in [4.78, 5) is 4.07. The van der Waals surface area contributed by atoms with E-state index in [2.05, 4.69) is 24.1 Å². The molecule has 1 fully saturated rings. The average Bonchev–Trinajstić information content (AvgIpc) is 2.25. The van der Waals surface area contributed by atoms with Crippen molar-refractivity contribution in [1.29, 1.82) is 0 Å². The molecule has 1 heterocycles. The van der Waals surface area contributed by atoms with E-state index in [4.69, 9.17) is 5.73 Å². The zero-order valence-corrected chi connectivity index (χ0v) is 9.37. The topological polar surface area (TPSA) is 33.7 Å². The summed E-state index contributed by atoms with van der Waals surface area (Å²) in [5.41, 5.74) is 7.91. The standard InChI is InChI=1S/C12H19N3/c1-14-6-8-15(9-7-14)10-11-2-4-12(13)5-3-11/h2-5H,6-10,13H2,1H3/p+1. The van der Waals surface area contributed by atoms with Crippen LogP contribution in [0.25, 0.3) is 0 Å². The van der Waals surface area contributed by atoms with E-state index < -0.39 is 0 Å². The van der Waals surface area contributed by atoms with Gasteiger partial charge in [0.2, 0.25) is 0 Å². The van der Waals surface area contributed by atoms with Crippen LogP contribution in [0.5, 0.6) is 0 Å². The predicted molar refractivity (Wildman–Crippen MR) is 62.8 cm³/mol. The van der Waals surface area contributed by atoms with Crippen molar-refractivity contribution in [1.82, 2.24) is 4.90 Å². The fraction of sp³-hybridized carbons (Fsp3) is 0.500. The quantitative estimate of drug-likeness (QED) is 0.646. The SMILES string of the molecule is CN1CC[NH+](Cc2ccc(N)cc2)CC1. The Morgan fingerprint density at radius 1 is 1.20 bits per heavy atom. The first-order valence-electron chi connectivity index (χ1n) is 5.60. The van der Waals surface area contributed by atoms with Crippen LogP contribution in [0.15, 0.2) is 24.3 Å². The van der Waals surface area contributed by atoms with Crippen molar-refractivity contribution in [3.05, 3.63) is 29.8 Å². The van der Waals surface area contributed by atoms with E-state index in [0.717, 1.165) is 12.2 Å². The number of anilines is 1. The zero-order chi connectivity index (χ0) is 10.7. The van der Waals surface area contributed by atoms with Crippen molar-refractivity contribution in [2.45, 2.75) is 6.54 Å². The summed E-state index contributed by atoms with van der Waals surface area (Å²) in [6.45, 7) is 6.06. The Balaban J connectivity index is 1.89. The summed E-state index contributed by atoms with van der Waals surface area (Å²) in [6.07, 6.45) is 0. The van der Waals surface area contributed by atoms with Crippen LogP contribution in [0.4, 0.5) is 5.69 Å². The van der Waals surface area contributed by atoms with Crippen LogP contribution < -0.4 is 10.6 Å². The number of hydrogen-bond acceptors (Lipinski definition) is 2. The van der Waals surface area contributed by atoms with Gasteiger partial charge in [-0.05, 0) is 19.2 Å². The van der Waals surface area contributed by atoms with Crippen molar-refractivity contribution in [3.8, 4) is 0 Å². The second-order valence-corrected chi connectivity index (χ2v) is 4.47. The van der Waals surface area contributed by atoms with Gasteiger partial charge >= 0.3 is 0 Å². The molecule has 0 unspecified atom stereocenters. The van der Waals surface area contributed by atoms with Gasteiger partial charge in [-0.2, -0.15) is 0 Å². The maximum absolute atomic E-state index is 5.66. The van der Waals surface area contributed by atoms with E-state index >= 15 is 0 Å². The van der Waals surface area contributed by atoms with E-state index in [9.17, 15) is 0 Å². The molecule has 1 aliphatic heterocycles. The van der Waals surface area contributed by atoms with Crippen LogP contribution in [0.1, 0.15) is 5.56 Å². The molecule has 2 rings (SSSR count). The molecule has 3 heteroatoms. The molecule has 82 valence electrons. The largest absolute Gasteiger partial charge is 0.399 e. The highest BCUT2D eigenvalue weighted by atomic mass is 15.2. The summed E-state index contributed by atoms with van der Waals surface area (Å²) in [6, 6.07) is 8.26. The first-order chi connectivity index (χ1) is 7.24. The van der Waals surface area contributed by atoms with Gasteiger partial charge in [0, 0.05) is 24.3 Å². The van der Waals surface area contributed by atoms with Crippen molar-refractivity contribution in [2.24, 2.45) is 0 Å². The molecule has 0 radical (unpaired) electrons. The van der Waals surface area contributed by atoms with Crippen molar-refractivity contribution in [2.75, 3.05) is 39.0 Å². The third-order valence-electron chi connectivity index (χ3n) is 3.13. The molecule has 3 nitrogen and oxygen atoms in total. The van der Waals surface area contributed by atoms with Gasteiger partial charge in [-0.25, -0.2) is 0 Å². The van der Waals surface area contributed by atoms with Gasteiger partial charge in [-0.15, -0.1) is 0 Å². The molecular weight excluding hydrogens is 186 g/mol. The van der Waals surface area contributed by atoms with Crippen LogP contribution in [-0.4, -0.2) is 38.1 Å². The smallest absolute Gasteiger partial charge is 0.103 e. The van der Waals surface area contributed by atoms with E-state index in [1.165, 1.54) is 31.7 Å². The van der Waals surface area contributed by atoms with Gasteiger partial charge in [-0.3, -0.25) is 4.90 Å². The Kier molecular flexibility index (Phi) is 3.23. The second-order valence-electron chi connectivity index (χ2n) is 4.47. The van der Waals surface area contributed by atoms with Gasteiger partial charge in [0.15, 0.2) is 0 Å². The molecule has 0 aromatic heterocycles. The Labute approximate surface area is 91.5 Å². The molecule has 15 heavy (non-hydrogen) atoms. The first kappa shape index (κ1) is 10.5. The number of nitrogens with one attached hydrogen (secondary N) is 1. The van der Waals surface area contributed by atoms with Crippen molar-refractivity contribution >= 4 is 5.69 Å². The molecule has 0 amide bonds. The first-order valence-corrected chi connectivity index (χ1v) is 5.60. The number of nitrogen functional groups attached to an aromatic ring is 1. The normalized spacial score (nSPS) is 19.3. The van der Waals surface area contributed by atoms with Crippen LogP contribution >= 0.6 is 0 Å². The summed E-state index contributed by atoms with van der Waals surface area (Å²) in [5, 5.41) is 0. The highest BCUT2D eigenvalue weighted by Gasteiger charge is 2.16. The molecule has 0 aliphatic carbocycles. The van der Waals surface area contributed by atoms with Crippen molar-refractivity contribution in [3.63, 3.8) is 0 Å². The highest BCUT2D eigenvalue weighted by Crippen LogP contribution is 2.03. The number of nitrogens with zero attached hydrogens (tertiary/aromatic N) is 1. The summed E-state index contributed by atoms with van der Waals surface area (Å²) in [7, 11) is 2.19. The van der Waals surface area contributed by atoms with Crippen LogP contribution in [-0.2, 0) is 6.54 Å². The number of rotatable bonds is 2. The Hall–Kier alpha value is -1.06. The molecule has 0 spiro atoms. The lowest BCUT2D eigenvalue weighted by Gasteiger charge is -2.29. The van der Waals surface area contributed by atoms with Gasteiger partial charge in [-0.1, -0.05) is 12.1 Å². The molecule has 0 saturated carbocycles. The monoisotopic (exact) mass is 206 g/mol. The fourth-order valence-electron chi connectivity index (χ4n) is 2.04. The minimum Gasteiger partial charge on any atom is -0.399 e. The van der Waals surface area contributed by atoms with Crippen LogP contribution in [0.2, 0.25) is 0 Å². The van der Waals surface area contributed by atoms with Crippen LogP contribution in [0.3, 0.4) is 0 Å². The third-order valence-corrected chi connectivity index (χ3v) is 3.13. The van der Waals surface area contributed by atoms with Crippen molar-refractivity contribution < 1.29 is 4.90 Å². The average molecular weight is 206 g/mol. The third kappa shape index (κ3) is 2.94. The Morgan fingerprint density at radius 2 is 1.80 bits per heavy atom. The number of quaternary nitrogens is 1. The zero-order valence-electron chi connectivity index (χ0n) is 9.37. The number of nitrogens with two attached hydrogens (primary N) is 1. The Morgan fingerprint density at radius 3 is 2.40 bits per heavy atom. The molecule has 1 aromatic carbocycles. The summed E-state index contributed by atoms with van der Waals surface area (Å²) in [5.74, 6) is 0. The highest BCUT2D eigenvalue weighted by molar-refractivity contribution is 5.38. The Bertz CT molecular complexity index is 299. The lowest BCUT2D eigenvalue weighted by atomic mass is 10.2. The van der Waals surface area contributed by atoms with E-state index in [-0.39, 0.29) is 0 Å². The van der Waals surface area contributed by atoms with Crippen LogP contribution in [0, 0.1) is 0 Å². The van der Waals surface area contributed by atoms with E-state index in [0.29, 0.717) is 0 Å². The van der Waals surface area contributed by atoms with Gasteiger partial charge in [0.05, 0.1) is 13.1 Å². The minimum absolute atomic E-state index is 0.854. The lowest BCUT2D eigenvalue weighted by molar-refractivity contribution is -0.918. The van der Waals surface area contributed by atoms with Gasteiger partial charge < -0.3 is 10.6 Å². The molecule has 1 aliphatic rings. The van der Waals surface area contributed by atoms with Gasteiger partial charge in [0.1, 0.15) is 6.54 Å². The number of hydrogen-bond donors (Lipinski definition) is 2. The predicted octanol–water partition coefficient (Wildman–Crippen LogP) is -0.401. The maximum atomic E-state index is 5.66. The summed E-state index contributed by atoms with van der Waals surface area (Å²) < 4.78 is 0. The lowest BCUT2D eigenvalue weighted by Crippen LogP contribution is -3.13. The molecular formula is C12H20N3+. The maximum Gasteiger partial charge on any atom is 0.103 e. The molecule has 0 bridgehead atoms.